The fourth-order valence-corrected chi connectivity index (χ4v) is 2.39. The number of hydrogen-bond acceptors (Lipinski definition) is 6. The Bertz CT molecular complexity index is 675. The Hall–Kier alpha value is -2.00. The summed E-state index contributed by atoms with van der Waals surface area (Å²) in [5.74, 6) is 1.22. The maximum Gasteiger partial charge on any atom is 0.220 e. The number of aryl methyl sites for hydroxylation is 1. The van der Waals surface area contributed by atoms with Gasteiger partial charge in [0.2, 0.25) is 21.7 Å². The van der Waals surface area contributed by atoms with Gasteiger partial charge in [-0.05, 0) is 25.0 Å². The van der Waals surface area contributed by atoms with E-state index in [4.69, 9.17) is 19.3 Å². The highest BCUT2D eigenvalue weighted by Crippen LogP contribution is 2.40. The Morgan fingerprint density at radius 1 is 1.17 bits per heavy atom. The number of methoxy groups -OCH3 is 3. The maximum absolute atomic E-state index is 11.9. The van der Waals surface area contributed by atoms with Crippen LogP contribution in [0.2, 0.25) is 0 Å². The van der Waals surface area contributed by atoms with E-state index in [0.29, 0.717) is 23.7 Å². The summed E-state index contributed by atoms with van der Waals surface area (Å²) in [6.07, 6.45) is 0.572. The van der Waals surface area contributed by atoms with Crippen molar-refractivity contribution in [2.75, 3.05) is 27.9 Å². The molecule has 3 N–H and O–H groups in total. The van der Waals surface area contributed by atoms with E-state index in [-0.39, 0.29) is 18.9 Å². The van der Waals surface area contributed by atoms with Crippen LogP contribution in [0.3, 0.4) is 0 Å². The van der Waals surface area contributed by atoms with Gasteiger partial charge >= 0.3 is 0 Å². The number of rotatable bonds is 9. The number of hydrogen-bond donors (Lipinski definition) is 2. The Morgan fingerprint density at radius 3 is 2.29 bits per heavy atom. The predicted molar refractivity (Wildman–Crippen MR) is 90.0 cm³/mol. The van der Waals surface area contributed by atoms with Gasteiger partial charge in [-0.15, -0.1) is 0 Å². The van der Waals surface area contributed by atoms with E-state index < -0.39 is 15.3 Å². The van der Waals surface area contributed by atoms with Gasteiger partial charge in [0.15, 0.2) is 11.5 Å². The van der Waals surface area contributed by atoms with Gasteiger partial charge in [0.05, 0.1) is 26.6 Å². The molecule has 0 radical (unpaired) electrons. The Kier molecular flexibility index (Phi) is 7.30. The van der Waals surface area contributed by atoms with Gasteiger partial charge in [-0.2, -0.15) is 0 Å². The van der Waals surface area contributed by atoms with Crippen molar-refractivity contribution in [3.8, 4) is 17.2 Å². The van der Waals surface area contributed by atoms with Crippen LogP contribution >= 0.6 is 0 Å². The van der Waals surface area contributed by atoms with Gasteiger partial charge in [0.1, 0.15) is 0 Å². The maximum atomic E-state index is 11.9. The van der Waals surface area contributed by atoms with E-state index in [1.807, 2.05) is 0 Å². The highest BCUT2D eigenvalue weighted by Gasteiger charge is 2.18. The highest BCUT2D eigenvalue weighted by atomic mass is 32.2. The molecule has 0 aliphatic carbocycles. The van der Waals surface area contributed by atoms with Crippen LogP contribution in [0.4, 0.5) is 0 Å². The monoisotopic (exact) mass is 360 g/mol. The number of primary sulfonamides is 1. The topological polar surface area (TPSA) is 117 Å². The fraction of sp³-hybridized carbons (Fsp3) is 0.533. The molecule has 0 spiro atoms. The molecule has 24 heavy (non-hydrogen) atoms. The SMILES string of the molecule is COc1ccc(CCC(=O)NC[C@H](C)S(N)(=O)=O)c(OC)c1OC. The molecule has 0 aliphatic rings. The second-order valence-corrected chi connectivity index (χ2v) is 7.18. The van der Waals surface area contributed by atoms with Gasteiger partial charge in [0, 0.05) is 13.0 Å². The zero-order chi connectivity index (χ0) is 18.3. The van der Waals surface area contributed by atoms with Crippen molar-refractivity contribution in [1.29, 1.82) is 0 Å². The lowest BCUT2D eigenvalue weighted by molar-refractivity contribution is -0.121. The standard InChI is InChI=1S/C15H24N2O6S/c1-10(24(16,19)20)9-17-13(18)8-6-11-5-7-12(21-2)15(23-4)14(11)22-3/h5,7,10H,6,8-9H2,1-4H3,(H,17,18)(H2,16,19,20)/t10-/m0/s1. The summed E-state index contributed by atoms with van der Waals surface area (Å²) >= 11 is 0. The number of sulfonamides is 1. The molecule has 0 unspecified atom stereocenters. The summed E-state index contributed by atoms with van der Waals surface area (Å²) < 4.78 is 38.1. The number of carbonyl (C=O) groups excluding carboxylic acids is 1. The lowest BCUT2D eigenvalue weighted by Gasteiger charge is -2.16. The van der Waals surface area contributed by atoms with Crippen molar-refractivity contribution in [2.45, 2.75) is 25.0 Å². The van der Waals surface area contributed by atoms with E-state index in [0.717, 1.165) is 5.56 Å². The van der Waals surface area contributed by atoms with Crippen LogP contribution in [-0.4, -0.2) is 47.4 Å². The first-order valence-electron chi connectivity index (χ1n) is 7.30. The van der Waals surface area contributed by atoms with E-state index in [9.17, 15) is 13.2 Å². The Labute approximate surface area is 142 Å². The third kappa shape index (κ3) is 5.27. The normalized spacial score (nSPS) is 12.4. The second-order valence-electron chi connectivity index (χ2n) is 5.20. The molecule has 1 amide bonds. The molecule has 0 aliphatic heterocycles. The molecule has 0 bridgehead atoms. The van der Waals surface area contributed by atoms with Crippen LogP contribution in [-0.2, 0) is 21.2 Å². The minimum atomic E-state index is -3.66. The van der Waals surface area contributed by atoms with Crippen LogP contribution < -0.4 is 24.7 Å². The molecule has 0 saturated heterocycles. The van der Waals surface area contributed by atoms with Crippen LogP contribution in [0.5, 0.6) is 17.2 Å². The summed E-state index contributed by atoms with van der Waals surface area (Å²) in [5.41, 5.74) is 0.782. The molecule has 1 atom stereocenters. The van der Waals surface area contributed by atoms with Crippen LogP contribution in [0.15, 0.2) is 12.1 Å². The molecular formula is C15H24N2O6S. The highest BCUT2D eigenvalue weighted by molar-refractivity contribution is 7.89. The Morgan fingerprint density at radius 2 is 1.79 bits per heavy atom. The Balaban J connectivity index is 2.72. The summed E-state index contributed by atoms with van der Waals surface area (Å²) in [4.78, 5) is 11.9. The molecule has 0 saturated carbocycles. The fourth-order valence-electron chi connectivity index (χ4n) is 2.07. The molecular weight excluding hydrogens is 336 g/mol. The van der Waals surface area contributed by atoms with E-state index in [1.165, 1.54) is 28.3 Å². The molecule has 0 aromatic heterocycles. The average molecular weight is 360 g/mol. The van der Waals surface area contributed by atoms with Crippen LogP contribution in [0.25, 0.3) is 0 Å². The average Bonchev–Trinajstić information content (AvgIpc) is 2.55. The number of nitrogens with two attached hydrogens (primary N) is 1. The molecule has 8 nitrogen and oxygen atoms in total. The van der Waals surface area contributed by atoms with Crippen molar-refractivity contribution < 1.29 is 27.4 Å². The second kappa shape index (κ2) is 8.74. The molecule has 9 heteroatoms. The summed E-state index contributed by atoms with van der Waals surface area (Å²) in [7, 11) is 0.881. The number of ether oxygens (including phenoxy) is 3. The zero-order valence-electron chi connectivity index (χ0n) is 14.3. The van der Waals surface area contributed by atoms with Gasteiger partial charge in [-0.3, -0.25) is 4.79 Å². The number of carbonyl (C=O) groups is 1. The van der Waals surface area contributed by atoms with Gasteiger partial charge in [0.25, 0.3) is 0 Å². The lowest BCUT2D eigenvalue weighted by atomic mass is 10.1. The van der Waals surface area contributed by atoms with E-state index in [2.05, 4.69) is 5.32 Å². The number of nitrogens with one attached hydrogen (secondary N) is 1. The molecule has 0 fully saturated rings. The number of amides is 1. The summed E-state index contributed by atoms with van der Waals surface area (Å²) in [6.45, 7) is 1.41. The van der Waals surface area contributed by atoms with Crippen LogP contribution in [0.1, 0.15) is 18.9 Å². The van der Waals surface area contributed by atoms with E-state index in [1.54, 1.807) is 12.1 Å². The first kappa shape index (κ1) is 20.0. The predicted octanol–water partition coefficient (Wildman–Crippen LogP) is 0.438. The van der Waals surface area contributed by atoms with Gasteiger partial charge in [-0.1, -0.05) is 6.07 Å². The van der Waals surface area contributed by atoms with Crippen molar-refractivity contribution in [1.82, 2.24) is 5.32 Å². The first-order valence-corrected chi connectivity index (χ1v) is 8.91. The van der Waals surface area contributed by atoms with E-state index >= 15 is 0 Å². The van der Waals surface area contributed by atoms with Crippen LogP contribution in [0, 0.1) is 0 Å². The minimum absolute atomic E-state index is 0.0270. The zero-order valence-corrected chi connectivity index (χ0v) is 15.1. The van der Waals surface area contributed by atoms with Crippen molar-refractivity contribution in [2.24, 2.45) is 5.14 Å². The molecule has 1 aromatic rings. The third-order valence-electron chi connectivity index (χ3n) is 3.55. The minimum Gasteiger partial charge on any atom is -0.493 e. The summed E-state index contributed by atoms with van der Waals surface area (Å²) in [5, 5.41) is 6.72. The first-order chi connectivity index (χ1) is 11.2. The lowest BCUT2D eigenvalue weighted by Crippen LogP contribution is -2.38. The molecule has 1 aromatic carbocycles. The van der Waals surface area contributed by atoms with Crippen molar-refractivity contribution in [3.05, 3.63) is 17.7 Å². The number of benzene rings is 1. The van der Waals surface area contributed by atoms with Crippen molar-refractivity contribution >= 4 is 15.9 Å². The largest absolute Gasteiger partial charge is 0.493 e. The molecule has 0 heterocycles. The molecule has 136 valence electrons. The van der Waals surface area contributed by atoms with Gasteiger partial charge < -0.3 is 19.5 Å². The summed E-state index contributed by atoms with van der Waals surface area (Å²) in [6, 6.07) is 3.53. The third-order valence-corrected chi connectivity index (χ3v) is 4.84. The molecule has 1 rings (SSSR count). The smallest absolute Gasteiger partial charge is 0.220 e. The van der Waals surface area contributed by atoms with Gasteiger partial charge in [-0.25, -0.2) is 13.6 Å². The van der Waals surface area contributed by atoms with Crippen molar-refractivity contribution in [3.63, 3.8) is 0 Å². The quantitative estimate of drug-likeness (QED) is 0.660.